The van der Waals surface area contributed by atoms with E-state index in [-0.39, 0.29) is 17.9 Å². The molecule has 1 aromatic rings. The third-order valence-corrected chi connectivity index (χ3v) is 4.37. The van der Waals surface area contributed by atoms with E-state index in [1.165, 1.54) is 0 Å². The van der Waals surface area contributed by atoms with Crippen molar-refractivity contribution in [3.63, 3.8) is 0 Å². The summed E-state index contributed by atoms with van der Waals surface area (Å²) in [6, 6.07) is 1.89. The maximum absolute atomic E-state index is 12.1. The zero-order valence-corrected chi connectivity index (χ0v) is 11.3. The second kappa shape index (κ2) is 5.10. The van der Waals surface area contributed by atoms with Gasteiger partial charge in [-0.15, -0.1) is 11.3 Å². The standard InChI is InChI=1S/C13H17NO3S/c1-7-5-11(8(2)18-7)12(15)14-10-4-3-9(6-10)13(16)17/h5,9-10H,3-4,6H2,1-2H3,(H,14,15)(H,16,17). The maximum atomic E-state index is 12.1. The summed E-state index contributed by atoms with van der Waals surface area (Å²) in [6.45, 7) is 3.91. The normalized spacial score (nSPS) is 23.0. The lowest BCUT2D eigenvalue weighted by Gasteiger charge is -2.12. The molecule has 0 aliphatic heterocycles. The average molecular weight is 267 g/mol. The minimum absolute atomic E-state index is 0.00166. The van der Waals surface area contributed by atoms with Crippen molar-refractivity contribution in [2.75, 3.05) is 0 Å². The molecule has 1 fully saturated rings. The molecule has 0 aromatic carbocycles. The molecule has 0 spiro atoms. The largest absolute Gasteiger partial charge is 0.481 e. The maximum Gasteiger partial charge on any atom is 0.306 e. The van der Waals surface area contributed by atoms with Gasteiger partial charge in [-0.3, -0.25) is 9.59 Å². The first-order valence-corrected chi connectivity index (χ1v) is 6.89. The number of carbonyl (C=O) groups excluding carboxylic acids is 1. The van der Waals surface area contributed by atoms with Crippen LogP contribution in [0.15, 0.2) is 6.07 Å². The predicted octanol–water partition coefficient (Wildman–Crippen LogP) is 2.35. The van der Waals surface area contributed by atoms with Crippen LogP contribution >= 0.6 is 11.3 Å². The van der Waals surface area contributed by atoms with Crippen molar-refractivity contribution in [2.45, 2.75) is 39.2 Å². The van der Waals surface area contributed by atoms with Crippen LogP contribution in [0.5, 0.6) is 0 Å². The number of amides is 1. The summed E-state index contributed by atoms with van der Waals surface area (Å²) in [7, 11) is 0. The van der Waals surface area contributed by atoms with Crippen molar-refractivity contribution in [3.8, 4) is 0 Å². The molecule has 0 bridgehead atoms. The molecule has 1 aliphatic rings. The van der Waals surface area contributed by atoms with Crippen LogP contribution in [0.3, 0.4) is 0 Å². The number of thiophene rings is 1. The number of carboxylic acid groups (broad SMARTS) is 1. The van der Waals surface area contributed by atoms with E-state index in [4.69, 9.17) is 5.11 Å². The van der Waals surface area contributed by atoms with Gasteiger partial charge in [-0.2, -0.15) is 0 Å². The van der Waals surface area contributed by atoms with Gasteiger partial charge in [0.15, 0.2) is 0 Å². The van der Waals surface area contributed by atoms with Gasteiger partial charge >= 0.3 is 5.97 Å². The molecule has 2 rings (SSSR count). The summed E-state index contributed by atoms with van der Waals surface area (Å²) in [4.78, 5) is 25.0. The van der Waals surface area contributed by atoms with Crippen LogP contribution in [0.2, 0.25) is 0 Å². The highest BCUT2D eigenvalue weighted by atomic mass is 32.1. The van der Waals surface area contributed by atoms with Gasteiger partial charge in [-0.05, 0) is 39.2 Å². The van der Waals surface area contributed by atoms with Crippen molar-refractivity contribution in [1.29, 1.82) is 0 Å². The van der Waals surface area contributed by atoms with Crippen LogP contribution in [0.1, 0.15) is 39.4 Å². The molecule has 1 heterocycles. The fourth-order valence-corrected chi connectivity index (χ4v) is 3.38. The van der Waals surface area contributed by atoms with E-state index in [0.717, 1.165) is 21.7 Å². The molecule has 5 heteroatoms. The molecule has 1 aromatic heterocycles. The summed E-state index contributed by atoms with van der Waals surface area (Å²) in [6.07, 6.45) is 1.95. The SMILES string of the molecule is Cc1cc(C(=O)NC2CCC(C(=O)O)C2)c(C)s1. The fraction of sp³-hybridized carbons (Fsp3) is 0.538. The van der Waals surface area contributed by atoms with E-state index in [9.17, 15) is 9.59 Å². The number of aryl methyl sites for hydroxylation is 2. The third kappa shape index (κ3) is 2.72. The van der Waals surface area contributed by atoms with Gasteiger partial charge in [0.05, 0.1) is 11.5 Å². The lowest BCUT2D eigenvalue weighted by molar-refractivity contribution is -0.141. The molecule has 2 atom stereocenters. The summed E-state index contributed by atoms with van der Waals surface area (Å²) in [5.74, 6) is -1.14. The Bertz CT molecular complexity index is 481. The molecule has 2 unspecified atom stereocenters. The monoisotopic (exact) mass is 267 g/mol. The number of aliphatic carboxylic acids is 1. The van der Waals surface area contributed by atoms with E-state index in [0.29, 0.717) is 12.8 Å². The second-order valence-electron chi connectivity index (χ2n) is 4.85. The number of carbonyl (C=O) groups is 2. The quantitative estimate of drug-likeness (QED) is 0.883. The molecule has 1 aliphatic carbocycles. The molecule has 1 saturated carbocycles. The highest BCUT2D eigenvalue weighted by Crippen LogP contribution is 2.27. The smallest absolute Gasteiger partial charge is 0.306 e. The van der Waals surface area contributed by atoms with Crippen LogP contribution in [-0.2, 0) is 4.79 Å². The van der Waals surface area contributed by atoms with Gasteiger partial charge < -0.3 is 10.4 Å². The van der Waals surface area contributed by atoms with Crippen LogP contribution in [0.4, 0.5) is 0 Å². The van der Waals surface area contributed by atoms with E-state index in [2.05, 4.69) is 5.32 Å². The zero-order valence-electron chi connectivity index (χ0n) is 10.5. The van der Waals surface area contributed by atoms with Crippen molar-refractivity contribution in [3.05, 3.63) is 21.4 Å². The number of carboxylic acids is 1. The van der Waals surface area contributed by atoms with Crippen molar-refractivity contribution in [2.24, 2.45) is 5.92 Å². The topological polar surface area (TPSA) is 66.4 Å². The molecular weight excluding hydrogens is 250 g/mol. The van der Waals surface area contributed by atoms with Gasteiger partial charge in [-0.1, -0.05) is 0 Å². The molecule has 1 amide bonds. The minimum atomic E-state index is -0.755. The Balaban J connectivity index is 1.97. The zero-order chi connectivity index (χ0) is 13.3. The Morgan fingerprint density at radius 3 is 2.61 bits per heavy atom. The van der Waals surface area contributed by atoms with E-state index < -0.39 is 5.97 Å². The van der Waals surface area contributed by atoms with Crippen LogP contribution < -0.4 is 5.32 Å². The Morgan fingerprint density at radius 2 is 2.11 bits per heavy atom. The number of hydrogen-bond acceptors (Lipinski definition) is 3. The van der Waals surface area contributed by atoms with E-state index in [1.807, 2.05) is 19.9 Å². The second-order valence-corrected chi connectivity index (χ2v) is 6.31. The Morgan fingerprint density at radius 1 is 1.39 bits per heavy atom. The van der Waals surface area contributed by atoms with Gasteiger partial charge in [0, 0.05) is 15.8 Å². The summed E-state index contributed by atoms with van der Waals surface area (Å²) < 4.78 is 0. The van der Waals surface area contributed by atoms with Crippen LogP contribution in [0, 0.1) is 19.8 Å². The molecule has 4 nitrogen and oxygen atoms in total. The number of rotatable bonds is 3. The van der Waals surface area contributed by atoms with E-state index in [1.54, 1.807) is 11.3 Å². The predicted molar refractivity (Wildman–Crippen MR) is 70.0 cm³/mol. The van der Waals surface area contributed by atoms with Crippen molar-refractivity contribution in [1.82, 2.24) is 5.32 Å². The van der Waals surface area contributed by atoms with Gasteiger partial charge in [0.25, 0.3) is 5.91 Å². The summed E-state index contributed by atoms with van der Waals surface area (Å²) in [5, 5.41) is 11.9. The Labute approximate surface area is 110 Å². The summed E-state index contributed by atoms with van der Waals surface area (Å²) in [5.41, 5.74) is 0.719. The first-order chi connectivity index (χ1) is 8.47. The van der Waals surface area contributed by atoms with Gasteiger partial charge in [-0.25, -0.2) is 0 Å². The highest BCUT2D eigenvalue weighted by Gasteiger charge is 2.30. The average Bonchev–Trinajstić information content (AvgIpc) is 2.85. The van der Waals surface area contributed by atoms with Crippen LogP contribution in [-0.4, -0.2) is 23.0 Å². The van der Waals surface area contributed by atoms with Crippen LogP contribution in [0.25, 0.3) is 0 Å². The lowest BCUT2D eigenvalue weighted by Crippen LogP contribution is -2.33. The van der Waals surface area contributed by atoms with Gasteiger partial charge in [0.1, 0.15) is 0 Å². The number of hydrogen-bond donors (Lipinski definition) is 2. The fourth-order valence-electron chi connectivity index (χ4n) is 2.46. The van der Waals surface area contributed by atoms with Crippen molar-refractivity contribution >= 4 is 23.2 Å². The molecule has 0 saturated heterocycles. The molecule has 98 valence electrons. The summed E-state index contributed by atoms with van der Waals surface area (Å²) >= 11 is 1.61. The Hall–Kier alpha value is -1.36. The molecule has 0 radical (unpaired) electrons. The Kier molecular flexibility index (Phi) is 3.71. The minimum Gasteiger partial charge on any atom is -0.481 e. The third-order valence-electron chi connectivity index (χ3n) is 3.40. The first kappa shape index (κ1) is 13.1. The highest BCUT2D eigenvalue weighted by molar-refractivity contribution is 7.12. The lowest BCUT2D eigenvalue weighted by atomic mass is 10.1. The molecular formula is C13H17NO3S. The number of nitrogens with one attached hydrogen (secondary N) is 1. The van der Waals surface area contributed by atoms with E-state index >= 15 is 0 Å². The van der Waals surface area contributed by atoms with Crippen molar-refractivity contribution < 1.29 is 14.7 Å². The molecule has 18 heavy (non-hydrogen) atoms. The molecule has 2 N–H and O–H groups in total. The first-order valence-electron chi connectivity index (χ1n) is 6.08. The van der Waals surface area contributed by atoms with Gasteiger partial charge in [0.2, 0.25) is 0 Å².